The second-order valence-electron chi connectivity index (χ2n) is 8.60. The van der Waals surface area contributed by atoms with Crippen molar-refractivity contribution in [1.82, 2.24) is 5.32 Å². The van der Waals surface area contributed by atoms with Gasteiger partial charge in [-0.3, -0.25) is 9.59 Å². The van der Waals surface area contributed by atoms with Crippen molar-refractivity contribution >= 4 is 56.0 Å². The van der Waals surface area contributed by atoms with E-state index < -0.39 is 46.7 Å². The van der Waals surface area contributed by atoms with Gasteiger partial charge in [0, 0.05) is 49.0 Å². The van der Waals surface area contributed by atoms with Gasteiger partial charge < -0.3 is 10.2 Å². The van der Waals surface area contributed by atoms with E-state index in [4.69, 9.17) is 0 Å². The predicted octanol–water partition coefficient (Wildman–Crippen LogP) is 6.36. The largest absolute Gasteiger partial charge is 0.348 e. The van der Waals surface area contributed by atoms with E-state index in [0.29, 0.717) is 31.4 Å². The molecule has 0 spiro atoms. The molecule has 0 fully saturated rings. The second kappa shape index (κ2) is 9.53. The van der Waals surface area contributed by atoms with E-state index in [-0.39, 0.29) is 23.6 Å². The summed E-state index contributed by atoms with van der Waals surface area (Å²) >= 11 is 5.35. The van der Waals surface area contributed by atoms with Gasteiger partial charge in [0.2, 0.25) is 5.91 Å². The summed E-state index contributed by atoms with van der Waals surface area (Å²) in [7, 11) is 0. The van der Waals surface area contributed by atoms with Crippen LogP contribution in [0.2, 0.25) is 0 Å². The lowest BCUT2D eigenvalue weighted by atomic mass is 9.86. The van der Waals surface area contributed by atoms with Gasteiger partial charge in [-0.2, -0.15) is 0 Å². The molecule has 0 radical (unpaired) electrons. The molecule has 3 aromatic carbocycles. The quantitative estimate of drug-likeness (QED) is 0.256. The minimum Gasteiger partial charge on any atom is -0.348 e. The smallest absolute Gasteiger partial charge is 0.251 e. The van der Waals surface area contributed by atoms with Crippen molar-refractivity contribution in [2.45, 2.75) is 32.4 Å². The summed E-state index contributed by atoms with van der Waals surface area (Å²) in [6.45, 7) is 2.95. The molecule has 1 aliphatic heterocycles. The number of hydrogen-bond donors (Lipinski definition) is 1. The minimum absolute atomic E-state index is 0.0598. The third kappa shape index (κ3) is 4.69. The lowest BCUT2D eigenvalue weighted by molar-refractivity contribution is -0.122. The number of halogens is 6. The number of fused-ring (bicyclic) bond motifs is 1. The molecule has 0 atom stereocenters. The SMILES string of the molecule is CC1(C)C(=O)N(Cc2c(F)cccc2Br)c2cc(C(=O)NCc3c(F)cc(F)cc3F)cc(I)c21. The number of carbonyl (C=O) groups is 2. The number of carbonyl (C=O) groups excluding carboxylic acids is 2. The Balaban J connectivity index is 1.68. The Labute approximate surface area is 221 Å². The molecule has 0 aliphatic carbocycles. The van der Waals surface area contributed by atoms with Crippen molar-refractivity contribution in [2.75, 3.05) is 4.90 Å². The number of nitrogens with one attached hydrogen (secondary N) is 1. The highest BCUT2D eigenvalue weighted by atomic mass is 127. The first-order chi connectivity index (χ1) is 16.4. The number of amides is 2. The molecule has 0 aromatic heterocycles. The number of nitrogens with zero attached hydrogens (tertiary/aromatic N) is 1. The Morgan fingerprint density at radius 3 is 2.31 bits per heavy atom. The van der Waals surface area contributed by atoms with Crippen LogP contribution in [0.4, 0.5) is 23.2 Å². The van der Waals surface area contributed by atoms with Crippen LogP contribution in [-0.4, -0.2) is 11.8 Å². The molecule has 0 saturated carbocycles. The zero-order chi connectivity index (χ0) is 25.7. The summed E-state index contributed by atoms with van der Waals surface area (Å²) in [6.07, 6.45) is 0. The Kier molecular flexibility index (Phi) is 6.98. The van der Waals surface area contributed by atoms with Crippen molar-refractivity contribution in [3.05, 3.63) is 96.0 Å². The molecule has 1 aliphatic rings. The van der Waals surface area contributed by atoms with E-state index in [1.807, 2.05) is 22.6 Å². The van der Waals surface area contributed by atoms with Crippen LogP contribution in [-0.2, 0) is 23.3 Å². The molecule has 2 amide bonds. The van der Waals surface area contributed by atoms with E-state index in [9.17, 15) is 27.2 Å². The molecule has 1 N–H and O–H groups in total. The van der Waals surface area contributed by atoms with Crippen LogP contribution in [0.3, 0.4) is 0 Å². The minimum atomic E-state index is -1.11. The number of rotatable bonds is 5. The summed E-state index contributed by atoms with van der Waals surface area (Å²) in [5, 5.41) is 2.43. The fourth-order valence-electron chi connectivity index (χ4n) is 4.12. The Hall–Kier alpha value is -2.47. The van der Waals surface area contributed by atoms with Gasteiger partial charge in [0.25, 0.3) is 5.91 Å². The number of benzene rings is 3. The second-order valence-corrected chi connectivity index (χ2v) is 10.6. The average Bonchev–Trinajstić information content (AvgIpc) is 2.95. The van der Waals surface area contributed by atoms with Crippen LogP contribution in [0.25, 0.3) is 0 Å². The first-order valence-electron chi connectivity index (χ1n) is 10.4. The predicted molar refractivity (Wildman–Crippen MR) is 135 cm³/mol. The standard InChI is InChI=1S/C25H18BrF4IN2O2/c1-25(2)22-20(31)6-12(23(34)32-10-14-18(29)8-13(27)9-19(14)30)7-21(22)33(24(25)35)11-15-16(26)4-3-5-17(15)28/h3-9H,10-11H2,1-2H3,(H,32,34). The summed E-state index contributed by atoms with van der Waals surface area (Å²) in [5.41, 5.74) is 0.196. The molecule has 0 unspecified atom stereocenters. The fraction of sp³-hybridized carbons (Fsp3) is 0.200. The van der Waals surface area contributed by atoms with Gasteiger partial charge in [-0.25, -0.2) is 17.6 Å². The first-order valence-corrected chi connectivity index (χ1v) is 12.3. The highest BCUT2D eigenvalue weighted by molar-refractivity contribution is 14.1. The van der Waals surface area contributed by atoms with Crippen molar-refractivity contribution in [3.63, 3.8) is 0 Å². The maximum Gasteiger partial charge on any atom is 0.251 e. The zero-order valence-corrected chi connectivity index (χ0v) is 22.2. The van der Waals surface area contributed by atoms with E-state index in [0.717, 1.165) is 0 Å². The maximum atomic E-state index is 14.5. The molecule has 10 heteroatoms. The van der Waals surface area contributed by atoms with Crippen LogP contribution < -0.4 is 10.2 Å². The van der Waals surface area contributed by atoms with Crippen LogP contribution >= 0.6 is 38.5 Å². The normalized spacial score (nSPS) is 14.3. The molecule has 0 bridgehead atoms. The van der Waals surface area contributed by atoms with Crippen LogP contribution in [0.1, 0.15) is 40.9 Å². The van der Waals surface area contributed by atoms with Gasteiger partial charge in [-0.05, 0) is 60.7 Å². The first kappa shape index (κ1) is 25.6. The highest BCUT2D eigenvalue weighted by Gasteiger charge is 2.46. The van der Waals surface area contributed by atoms with Gasteiger partial charge in [0.1, 0.15) is 23.3 Å². The Bertz CT molecular complexity index is 1340. The summed E-state index contributed by atoms with van der Waals surface area (Å²) in [4.78, 5) is 27.6. The molecule has 4 rings (SSSR count). The fourth-order valence-corrected chi connectivity index (χ4v) is 5.87. The van der Waals surface area contributed by atoms with Gasteiger partial charge in [0.05, 0.1) is 17.6 Å². The van der Waals surface area contributed by atoms with E-state index in [1.165, 1.54) is 17.0 Å². The average molecular weight is 661 g/mol. The topological polar surface area (TPSA) is 49.4 Å². The zero-order valence-electron chi connectivity index (χ0n) is 18.5. The molecule has 35 heavy (non-hydrogen) atoms. The third-order valence-electron chi connectivity index (χ3n) is 5.94. The van der Waals surface area contributed by atoms with Crippen LogP contribution in [0.15, 0.2) is 46.9 Å². The van der Waals surface area contributed by atoms with E-state index in [2.05, 4.69) is 21.2 Å². The van der Waals surface area contributed by atoms with Crippen molar-refractivity contribution in [1.29, 1.82) is 0 Å². The van der Waals surface area contributed by atoms with Crippen molar-refractivity contribution < 1.29 is 27.2 Å². The summed E-state index contributed by atoms with van der Waals surface area (Å²) in [6, 6.07) is 8.67. The van der Waals surface area contributed by atoms with Gasteiger partial charge in [-0.15, -0.1) is 0 Å². The third-order valence-corrected chi connectivity index (χ3v) is 7.53. The summed E-state index contributed by atoms with van der Waals surface area (Å²) < 4.78 is 56.7. The van der Waals surface area contributed by atoms with Gasteiger partial charge in [0.15, 0.2) is 0 Å². The molecular weight excluding hydrogens is 643 g/mol. The van der Waals surface area contributed by atoms with E-state index >= 15 is 0 Å². The van der Waals surface area contributed by atoms with Crippen molar-refractivity contribution in [3.8, 4) is 0 Å². The molecule has 3 aromatic rings. The number of hydrogen-bond acceptors (Lipinski definition) is 2. The molecule has 182 valence electrons. The molecule has 0 saturated heterocycles. The maximum absolute atomic E-state index is 14.5. The molecular formula is C25H18BrF4IN2O2. The monoisotopic (exact) mass is 660 g/mol. The van der Waals surface area contributed by atoms with Gasteiger partial charge in [-0.1, -0.05) is 22.0 Å². The van der Waals surface area contributed by atoms with Crippen LogP contribution in [0.5, 0.6) is 0 Å². The lowest BCUT2D eigenvalue weighted by Gasteiger charge is -2.21. The highest BCUT2D eigenvalue weighted by Crippen LogP contribution is 2.45. The molecule has 1 heterocycles. The van der Waals surface area contributed by atoms with Crippen molar-refractivity contribution in [2.24, 2.45) is 0 Å². The van der Waals surface area contributed by atoms with Gasteiger partial charge >= 0.3 is 0 Å². The van der Waals surface area contributed by atoms with Crippen LogP contribution in [0, 0.1) is 26.8 Å². The molecule has 4 nitrogen and oxygen atoms in total. The number of anilines is 1. The van der Waals surface area contributed by atoms with E-state index in [1.54, 1.807) is 32.0 Å². The summed E-state index contributed by atoms with van der Waals surface area (Å²) in [5.74, 6) is -4.66. The Morgan fingerprint density at radius 2 is 1.69 bits per heavy atom. The Morgan fingerprint density at radius 1 is 1.03 bits per heavy atom. The lowest BCUT2D eigenvalue weighted by Crippen LogP contribution is -2.36.